The van der Waals surface area contributed by atoms with Gasteiger partial charge in [0.05, 0.1) is 4.90 Å². The fourth-order valence-electron chi connectivity index (χ4n) is 1.26. The second-order valence-corrected chi connectivity index (χ2v) is 5.05. The Bertz CT molecular complexity index is 458. The van der Waals surface area contributed by atoms with Crippen LogP contribution in [-0.4, -0.2) is 30.2 Å². The SMILES string of the molecule is Cc1cc(S(=O)(=O)CC(=O)O)c(C)[nH]1. The molecule has 14 heavy (non-hydrogen) atoms. The number of H-pyrrole nitrogens is 1. The number of nitrogens with one attached hydrogen (secondary N) is 1. The second kappa shape index (κ2) is 3.45. The highest BCUT2D eigenvalue weighted by Crippen LogP contribution is 2.17. The average Bonchev–Trinajstić information content (AvgIpc) is 2.27. The van der Waals surface area contributed by atoms with E-state index in [2.05, 4.69) is 4.98 Å². The van der Waals surface area contributed by atoms with Gasteiger partial charge in [0.1, 0.15) is 0 Å². The van der Waals surface area contributed by atoms with Crippen LogP contribution in [0.1, 0.15) is 11.4 Å². The quantitative estimate of drug-likeness (QED) is 0.771. The van der Waals surface area contributed by atoms with Gasteiger partial charge >= 0.3 is 5.97 Å². The van der Waals surface area contributed by atoms with Crippen molar-refractivity contribution < 1.29 is 18.3 Å². The van der Waals surface area contributed by atoms with Gasteiger partial charge in [0, 0.05) is 11.4 Å². The molecular weight excluding hydrogens is 206 g/mol. The van der Waals surface area contributed by atoms with Gasteiger partial charge in [-0.1, -0.05) is 0 Å². The lowest BCUT2D eigenvalue weighted by Crippen LogP contribution is -2.15. The van der Waals surface area contributed by atoms with Gasteiger partial charge in [-0.15, -0.1) is 0 Å². The monoisotopic (exact) mass is 217 g/mol. The fourth-order valence-corrected chi connectivity index (χ4v) is 2.62. The maximum Gasteiger partial charge on any atom is 0.319 e. The number of sulfone groups is 1. The first-order chi connectivity index (χ1) is 6.33. The lowest BCUT2D eigenvalue weighted by Gasteiger charge is -1.98. The minimum absolute atomic E-state index is 0.0670. The lowest BCUT2D eigenvalue weighted by atomic mass is 10.4. The summed E-state index contributed by atoms with van der Waals surface area (Å²) in [5.74, 6) is -2.21. The number of aromatic amines is 1. The van der Waals surface area contributed by atoms with Gasteiger partial charge < -0.3 is 10.1 Å². The molecule has 1 aromatic rings. The van der Waals surface area contributed by atoms with Crippen molar-refractivity contribution in [3.63, 3.8) is 0 Å². The third-order valence-electron chi connectivity index (χ3n) is 1.75. The summed E-state index contributed by atoms with van der Waals surface area (Å²) in [5, 5.41) is 8.42. The summed E-state index contributed by atoms with van der Waals surface area (Å²) in [6, 6.07) is 1.44. The second-order valence-electron chi connectivity index (χ2n) is 3.09. The molecule has 0 aliphatic carbocycles. The Labute approximate surface area is 81.7 Å². The zero-order valence-corrected chi connectivity index (χ0v) is 8.68. The Morgan fingerprint density at radius 1 is 1.50 bits per heavy atom. The number of carbonyl (C=O) groups is 1. The van der Waals surface area contributed by atoms with E-state index in [1.807, 2.05) is 0 Å². The summed E-state index contributed by atoms with van der Waals surface area (Å²) >= 11 is 0. The molecule has 0 unspecified atom stereocenters. The molecule has 78 valence electrons. The van der Waals surface area contributed by atoms with Crippen LogP contribution in [-0.2, 0) is 14.6 Å². The molecule has 0 aliphatic heterocycles. The zero-order chi connectivity index (χ0) is 10.9. The Kier molecular flexibility index (Phi) is 2.66. The number of aliphatic carboxylic acids is 1. The first-order valence-corrected chi connectivity index (χ1v) is 5.59. The number of carboxylic acids is 1. The van der Waals surface area contributed by atoms with Crippen molar-refractivity contribution in [3.8, 4) is 0 Å². The minimum Gasteiger partial charge on any atom is -0.480 e. The molecule has 0 saturated heterocycles. The number of carboxylic acid groups (broad SMARTS) is 1. The van der Waals surface area contributed by atoms with Crippen LogP contribution >= 0.6 is 0 Å². The van der Waals surface area contributed by atoms with Crippen LogP contribution in [0.25, 0.3) is 0 Å². The van der Waals surface area contributed by atoms with Crippen LogP contribution in [0, 0.1) is 13.8 Å². The Morgan fingerprint density at radius 2 is 2.07 bits per heavy atom. The van der Waals surface area contributed by atoms with Crippen molar-refractivity contribution in [3.05, 3.63) is 17.5 Å². The molecule has 0 aromatic carbocycles. The average molecular weight is 217 g/mol. The molecule has 1 aromatic heterocycles. The topological polar surface area (TPSA) is 87.2 Å². The molecule has 0 fully saturated rings. The normalized spacial score (nSPS) is 11.6. The van der Waals surface area contributed by atoms with Crippen LogP contribution in [0.3, 0.4) is 0 Å². The van der Waals surface area contributed by atoms with E-state index in [1.165, 1.54) is 6.07 Å². The summed E-state index contributed by atoms with van der Waals surface area (Å²) in [7, 11) is -3.70. The molecule has 2 N–H and O–H groups in total. The summed E-state index contributed by atoms with van der Waals surface area (Å²) in [4.78, 5) is 13.2. The van der Waals surface area contributed by atoms with Gasteiger partial charge in [-0.3, -0.25) is 4.79 Å². The molecule has 5 nitrogen and oxygen atoms in total. The molecule has 0 aliphatic rings. The van der Waals surface area contributed by atoms with Crippen molar-refractivity contribution in [1.29, 1.82) is 0 Å². The lowest BCUT2D eigenvalue weighted by molar-refractivity contribution is -0.134. The first kappa shape index (κ1) is 10.8. The molecule has 1 rings (SSSR count). The van der Waals surface area contributed by atoms with Gasteiger partial charge in [-0.2, -0.15) is 0 Å². The number of aryl methyl sites for hydroxylation is 2. The summed E-state index contributed by atoms with van der Waals surface area (Å²) in [6.07, 6.45) is 0. The predicted octanol–water partition coefficient (Wildman–Crippen LogP) is 0.490. The van der Waals surface area contributed by atoms with E-state index >= 15 is 0 Å². The molecular formula is C8H11NO4S. The van der Waals surface area contributed by atoms with Crippen molar-refractivity contribution in [2.45, 2.75) is 18.7 Å². The van der Waals surface area contributed by atoms with Gasteiger partial charge in [0.2, 0.25) is 0 Å². The van der Waals surface area contributed by atoms with Crippen LogP contribution in [0.5, 0.6) is 0 Å². The zero-order valence-electron chi connectivity index (χ0n) is 7.86. The molecule has 0 atom stereocenters. The minimum atomic E-state index is -3.70. The van der Waals surface area contributed by atoms with E-state index in [4.69, 9.17) is 5.11 Å². The van der Waals surface area contributed by atoms with E-state index in [0.717, 1.165) is 0 Å². The molecule has 0 saturated carbocycles. The largest absolute Gasteiger partial charge is 0.480 e. The van der Waals surface area contributed by atoms with Gasteiger partial charge in [-0.05, 0) is 19.9 Å². The van der Waals surface area contributed by atoms with E-state index in [-0.39, 0.29) is 4.90 Å². The Morgan fingerprint density at radius 3 is 2.43 bits per heavy atom. The van der Waals surface area contributed by atoms with Crippen molar-refractivity contribution in [2.75, 3.05) is 5.75 Å². The third-order valence-corrected chi connectivity index (χ3v) is 3.47. The molecule has 0 amide bonds. The van der Waals surface area contributed by atoms with Gasteiger partial charge in [0.25, 0.3) is 0 Å². The summed E-state index contributed by atoms with van der Waals surface area (Å²) in [6.45, 7) is 3.31. The molecule has 0 spiro atoms. The predicted molar refractivity (Wildman–Crippen MR) is 50.0 cm³/mol. The Hall–Kier alpha value is -1.30. The number of hydrogen-bond donors (Lipinski definition) is 2. The molecule has 0 radical (unpaired) electrons. The highest BCUT2D eigenvalue weighted by Gasteiger charge is 2.22. The molecule has 6 heteroatoms. The van der Waals surface area contributed by atoms with Crippen LogP contribution in [0.4, 0.5) is 0 Å². The highest BCUT2D eigenvalue weighted by molar-refractivity contribution is 7.92. The van der Waals surface area contributed by atoms with Crippen molar-refractivity contribution >= 4 is 15.8 Å². The maximum atomic E-state index is 11.5. The van der Waals surface area contributed by atoms with Gasteiger partial charge in [-0.25, -0.2) is 8.42 Å². The molecule has 0 bridgehead atoms. The smallest absolute Gasteiger partial charge is 0.319 e. The van der Waals surface area contributed by atoms with Crippen LogP contribution in [0.2, 0.25) is 0 Å². The Balaban J connectivity index is 3.16. The van der Waals surface area contributed by atoms with Gasteiger partial charge in [0.15, 0.2) is 15.6 Å². The number of hydrogen-bond acceptors (Lipinski definition) is 3. The highest BCUT2D eigenvalue weighted by atomic mass is 32.2. The fraction of sp³-hybridized carbons (Fsp3) is 0.375. The first-order valence-electron chi connectivity index (χ1n) is 3.93. The van der Waals surface area contributed by atoms with Crippen molar-refractivity contribution in [2.24, 2.45) is 0 Å². The van der Waals surface area contributed by atoms with E-state index in [0.29, 0.717) is 11.4 Å². The summed E-state index contributed by atoms with van der Waals surface area (Å²) < 4.78 is 23.0. The van der Waals surface area contributed by atoms with E-state index in [1.54, 1.807) is 13.8 Å². The van der Waals surface area contributed by atoms with Crippen molar-refractivity contribution in [1.82, 2.24) is 4.98 Å². The summed E-state index contributed by atoms with van der Waals surface area (Å²) in [5.41, 5.74) is 1.18. The maximum absolute atomic E-state index is 11.5. The standard InChI is InChI=1S/C8H11NO4S/c1-5-3-7(6(2)9-5)14(12,13)4-8(10)11/h3,9H,4H2,1-2H3,(H,10,11). The van der Waals surface area contributed by atoms with Crippen LogP contribution < -0.4 is 0 Å². The number of rotatable bonds is 3. The van der Waals surface area contributed by atoms with Crippen LogP contribution in [0.15, 0.2) is 11.0 Å². The number of aromatic nitrogens is 1. The third kappa shape index (κ3) is 2.14. The van der Waals surface area contributed by atoms with E-state index in [9.17, 15) is 13.2 Å². The van der Waals surface area contributed by atoms with E-state index < -0.39 is 21.6 Å². The molecule has 1 heterocycles.